The summed E-state index contributed by atoms with van der Waals surface area (Å²) in [6.45, 7) is 2.20. The van der Waals surface area contributed by atoms with Crippen LogP contribution in [-0.4, -0.2) is 12.6 Å². The highest BCUT2D eigenvalue weighted by Gasteiger charge is 2.37. The van der Waals surface area contributed by atoms with E-state index >= 15 is 0 Å². The van der Waals surface area contributed by atoms with Gasteiger partial charge in [0.15, 0.2) is 0 Å². The first-order valence-corrected chi connectivity index (χ1v) is 6.01. The van der Waals surface area contributed by atoms with Crippen LogP contribution in [0.15, 0.2) is 24.3 Å². The average molecular weight is 230 g/mol. The molecular formula is C14H18N2O. The highest BCUT2D eigenvalue weighted by molar-refractivity contribution is 5.52. The SMILES string of the molecule is COc1cccc(NC2(C#N)CCC(C)C2)c1. The fourth-order valence-electron chi connectivity index (χ4n) is 2.51. The van der Waals surface area contributed by atoms with Crippen molar-refractivity contribution in [3.63, 3.8) is 0 Å². The first-order valence-electron chi connectivity index (χ1n) is 6.01. The van der Waals surface area contributed by atoms with Gasteiger partial charge in [-0.3, -0.25) is 0 Å². The van der Waals surface area contributed by atoms with Crippen molar-refractivity contribution in [3.05, 3.63) is 24.3 Å². The lowest BCUT2D eigenvalue weighted by Gasteiger charge is -2.24. The number of benzene rings is 1. The maximum atomic E-state index is 9.38. The molecule has 0 saturated heterocycles. The molecule has 1 aromatic rings. The number of anilines is 1. The monoisotopic (exact) mass is 230 g/mol. The summed E-state index contributed by atoms with van der Waals surface area (Å²) in [6, 6.07) is 10.2. The Morgan fingerprint density at radius 3 is 2.94 bits per heavy atom. The lowest BCUT2D eigenvalue weighted by atomic mass is 9.97. The molecule has 3 heteroatoms. The van der Waals surface area contributed by atoms with E-state index in [0.717, 1.165) is 30.7 Å². The molecule has 0 aliphatic heterocycles. The van der Waals surface area contributed by atoms with Gasteiger partial charge in [0.1, 0.15) is 11.3 Å². The summed E-state index contributed by atoms with van der Waals surface area (Å²) in [5.74, 6) is 1.43. The third-order valence-electron chi connectivity index (χ3n) is 3.43. The number of methoxy groups -OCH3 is 1. The Hall–Kier alpha value is -1.69. The normalized spacial score (nSPS) is 27.5. The number of nitrogens with zero attached hydrogens (tertiary/aromatic N) is 1. The number of nitrogens with one attached hydrogen (secondary N) is 1. The predicted octanol–water partition coefficient (Wildman–Crippen LogP) is 3.19. The van der Waals surface area contributed by atoms with E-state index in [0.29, 0.717) is 5.92 Å². The number of nitriles is 1. The molecule has 1 fully saturated rings. The standard InChI is InChI=1S/C14H18N2O/c1-11-6-7-14(9-11,10-15)16-12-4-3-5-13(8-12)17-2/h3-5,8,11,16H,6-7,9H2,1-2H3. The fraction of sp³-hybridized carbons (Fsp3) is 0.500. The van der Waals surface area contributed by atoms with Gasteiger partial charge in [0, 0.05) is 11.8 Å². The highest BCUT2D eigenvalue weighted by Crippen LogP contribution is 2.36. The van der Waals surface area contributed by atoms with E-state index in [1.165, 1.54) is 0 Å². The Morgan fingerprint density at radius 2 is 2.35 bits per heavy atom. The molecule has 0 spiro atoms. The largest absolute Gasteiger partial charge is 0.497 e. The minimum Gasteiger partial charge on any atom is -0.497 e. The summed E-state index contributed by atoms with van der Waals surface area (Å²) in [6.07, 6.45) is 2.95. The van der Waals surface area contributed by atoms with Crippen LogP contribution in [0.4, 0.5) is 5.69 Å². The zero-order valence-electron chi connectivity index (χ0n) is 10.4. The minimum atomic E-state index is -0.397. The van der Waals surface area contributed by atoms with Crippen LogP contribution >= 0.6 is 0 Å². The summed E-state index contributed by atoms with van der Waals surface area (Å²) in [7, 11) is 1.65. The van der Waals surface area contributed by atoms with Gasteiger partial charge in [-0.25, -0.2) is 0 Å². The maximum absolute atomic E-state index is 9.38. The molecular weight excluding hydrogens is 212 g/mol. The molecule has 0 heterocycles. The van der Waals surface area contributed by atoms with Crippen LogP contribution in [-0.2, 0) is 0 Å². The van der Waals surface area contributed by atoms with E-state index in [4.69, 9.17) is 4.74 Å². The lowest BCUT2D eigenvalue weighted by molar-refractivity contribution is 0.415. The van der Waals surface area contributed by atoms with Crippen molar-refractivity contribution in [2.45, 2.75) is 31.7 Å². The van der Waals surface area contributed by atoms with Crippen LogP contribution in [0.2, 0.25) is 0 Å². The smallest absolute Gasteiger partial charge is 0.125 e. The van der Waals surface area contributed by atoms with Crippen LogP contribution in [0.3, 0.4) is 0 Å². The molecule has 2 unspecified atom stereocenters. The van der Waals surface area contributed by atoms with Crippen LogP contribution < -0.4 is 10.1 Å². The Morgan fingerprint density at radius 1 is 1.53 bits per heavy atom. The zero-order valence-corrected chi connectivity index (χ0v) is 10.4. The van der Waals surface area contributed by atoms with E-state index in [1.807, 2.05) is 24.3 Å². The number of hydrogen-bond donors (Lipinski definition) is 1. The third-order valence-corrected chi connectivity index (χ3v) is 3.43. The van der Waals surface area contributed by atoms with Crippen molar-refractivity contribution in [3.8, 4) is 11.8 Å². The molecule has 1 aliphatic rings. The molecule has 0 amide bonds. The summed E-state index contributed by atoms with van der Waals surface area (Å²) in [5, 5.41) is 12.7. The molecule has 1 aromatic carbocycles. The van der Waals surface area contributed by atoms with Crippen LogP contribution in [0.5, 0.6) is 5.75 Å². The van der Waals surface area contributed by atoms with Crippen molar-refractivity contribution >= 4 is 5.69 Å². The molecule has 0 bridgehead atoms. The maximum Gasteiger partial charge on any atom is 0.125 e. The summed E-state index contributed by atoms with van der Waals surface area (Å²) in [5.41, 5.74) is 0.561. The first kappa shape index (κ1) is 11.8. The molecule has 1 aliphatic carbocycles. The highest BCUT2D eigenvalue weighted by atomic mass is 16.5. The Kier molecular flexibility index (Phi) is 3.23. The van der Waals surface area contributed by atoms with Crippen LogP contribution in [0.1, 0.15) is 26.2 Å². The Bertz CT molecular complexity index is 438. The molecule has 0 aromatic heterocycles. The molecule has 0 radical (unpaired) electrons. The van der Waals surface area contributed by atoms with E-state index in [1.54, 1.807) is 7.11 Å². The number of ether oxygens (including phenoxy) is 1. The van der Waals surface area contributed by atoms with Crippen molar-refractivity contribution in [2.24, 2.45) is 5.92 Å². The van der Waals surface area contributed by atoms with Gasteiger partial charge in [-0.2, -0.15) is 5.26 Å². The van der Waals surface area contributed by atoms with Gasteiger partial charge in [0.2, 0.25) is 0 Å². The molecule has 1 saturated carbocycles. The van der Waals surface area contributed by atoms with Crippen molar-refractivity contribution in [2.75, 3.05) is 12.4 Å². The van der Waals surface area contributed by atoms with Gasteiger partial charge in [-0.15, -0.1) is 0 Å². The third kappa shape index (κ3) is 2.52. The number of hydrogen-bond acceptors (Lipinski definition) is 3. The lowest BCUT2D eigenvalue weighted by Crippen LogP contribution is -2.33. The molecule has 2 rings (SSSR count). The molecule has 1 N–H and O–H groups in total. The van der Waals surface area contributed by atoms with E-state index < -0.39 is 5.54 Å². The summed E-state index contributed by atoms with van der Waals surface area (Å²) < 4.78 is 5.18. The predicted molar refractivity (Wildman–Crippen MR) is 68.0 cm³/mol. The Balaban J connectivity index is 2.16. The van der Waals surface area contributed by atoms with E-state index in [-0.39, 0.29) is 0 Å². The van der Waals surface area contributed by atoms with Gasteiger partial charge >= 0.3 is 0 Å². The molecule has 3 nitrogen and oxygen atoms in total. The zero-order chi connectivity index (χ0) is 12.3. The second-order valence-electron chi connectivity index (χ2n) is 4.90. The molecule has 2 atom stereocenters. The van der Waals surface area contributed by atoms with Gasteiger partial charge in [0.25, 0.3) is 0 Å². The summed E-state index contributed by atoms with van der Waals surface area (Å²) in [4.78, 5) is 0. The topological polar surface area (TPSA) is 45.0 Å². The average Bonchev–Trinajstić information content (AvgIpc) is 2.72. The van der Waals surface area contributed by atoms with Gasteiger partial charge in [-0.05, 0) is 37.3 Å². The van der Waals surface area contributed by atoms with Crippen molar-refractivity contribution in [1.82, 2.24) is 0 Å². The fourth-order valence-corrected chi connectivity index (χ4v) is 2.51. The first-order chi connectivity index (χ1) is 8.17. The number of rotatable bonds is 3. The van der Waals surface area contributed by atoms with E-state index in [2.05, 4.69) is 18.3 Å². The van der Waals surface area contributed by atoms with Crippen LogP contribution in [0, 0.1) is 17.2 Å². The van der Waals surface area contributed by atoms with Gasteiger partial charge < -0.3 is 10.1 Å². The van der Waals surface area contributed by atoms with Crippen molar-refractivity contribution in [1.29, 1.82) is 5.26 Å². The Labute approximate surface area is 102 Å². The molecule has 90 valence electrons. The second-order valence-corrected chi connectivity index (χ2v) is 4.90. The molecule has 17 heavy (non-hydrogen) atoms. The van der Waals surface area contributed by atoms with Gasteiger partial charge in [0.05, 0.1) is 13.2 Å². The quantitative estimate of drug-likeness (QED) is 0.867. The summed E-state index contributed by atoms with van der Waals surface area (Å²) >= 11 is 0. The minimum absolute atomic E-state index is 0.397. The van der Waals surface area contributed by atoms with Crippen molar-refractivity contribution < 1.29 is 4.74 Å². The van der Waals surface area contributed by atoms with Gasteiger partial charge in [-0.1, -0.05) is 13.0 Å². The second kappa shape index (κ2) is 4.67. The van der Waals surface area contributed by atoms with Crippen LogP contribution in [0.25, 0.3) is 0 Å². The van der Waals surface area contributed by atoms with E-state index in [9.17, 15) is 5.26 Å².